The second-order valence-corrected chi connectivity index (χ2v) is 6.28. The third-order valence-corrected chi connectivity index (χ3v) is 2.29. The van der Waals surface area contributed by atoms with Gasteiger partial charge in [0.05, 0.1) is 13.2 Å². The summed E-state index contributed by atoms with van der Waals surface area (Å²) in [5.74, 6) is -0.0866. The van der Waals surface area contributed by atoms with Gasteiger partial charge in [0.25, 0.3) is 0 Å². The lowest BCUT2D eigenvalue weighted by atomic mass is 10.0. The van der Waals surface area contributed by atoms with E-state index in [0.29, 0.717) is 25.2 Å². The maximum absolute atomic E-state index is 12.0. The Morgan fingerprint density at radius 2 is 1.35 bits per heavy atom. The number of carbonyl (C=O) groups excluding carboxylic acids is 2. The zero-order valence-electron chi connectivity index (χ0n) is 13.6. The standard InChI is InChI=1S/C16H28O4/c1-11(2)7-14(16(18)20-10-13(5)6)8-15(17)19-9-12(3)4/h8,11-13H,7,9-10H2,1-6H3/b14-8-. The molecule has 0 saturated heterocycles. The lowest BCUT2D eigenvalue weighted by Gasteiger charge is -2.12. The molecule has 0 heterocycles. The first-order chi connectivity index (χ1) is 9.22. The van der Waals surface area contributed by atoms with Crippen LogP contribution in [0.1, 0.15) is 48.0 Å². The van der Waals surface area contributed by atoms with Crippen LogP contribution in [0.4, 0.5) is 0 Å². The van der Waals surface area contributed by atoms with Crippen molar-refractivity contribution >= 4 is 11.9 Å². The highest BCUT2D eigenvalue weighted by molar-refractivity contribution is 5.96. The Morgan fingerprint density at radius 1 is 0.850 bits per heavy atom. The van der Waals surface area contributed by atoms with E-state index < -0.39 is 11.9 Å². The van der Waals surface area contributed by atoms with E-state index in [1.54, 1.807) is 0 Å². The van der Waals surface area contributed by atoms with Gasteiger partial charge < -0.3 is 9.47 Å². The Labute approximate surface area is 122 Å². The molecule has 20 heavy (non-hydrogen) atoms. The molecule has 0 aliphatic heterocycles. The molecule has 0 aliphatic carbocycles. The van der Waals surface area contributed by atoms with Gasteiger partial charge in [-0.05, 0) is 24.2 Å². The van der Waals surface area contributed by atoms with E-state index in [1.165, 1.54) is 6.08 Å². The molecule has 0 radical (unpaired) electrons. The Bertz CT molecular complexity index is 340. The molecule has 4 nitrogen and oxygen atoms in total. The molecule has 0 aromatic rings. The van der Waals surface area contributed by atoms with Gasteiger partial charge in [-0.2, -0.15) is 0 Å². The number of carbonyl (C=O) groups is 2. The molecule has 116 valence electrons. The summed E-state index contributed by atoms with van der Waals surface area (Å²) in [4.78, 5) is 23.6. The zero-order valence-corrected chi connectivity index (χ0v) is 13.6. The van der Waals surface area contributed by atoms with Crippen molar-refractivity contribution in [1.82, 2.24) is 0 Å². The highest BCUT2D eigenvalue weighted by atomic mass is 16.5. The second kappa shape index (κ2) is 9.56. The predicted octanol–water partition coefficient (Wildman–Crippen LogP) is 3.36. The molecule has 0 saturated carbocycles. The maximum Gasteiger partial charge on any atom is 0.334 e. The lowest BCUT2D eigenvalue weighted by Crippen LogP contribution is -2.16. The topological polar surface area (TPSA) is 52.6 Å². The van der Waals surface area contributed by atoms with Crippen molar-refractivity contribution in [3.8, 4) is 0 Å². The van der Waals surface area contributed by atoms with E-state index in [9.17, 15) is 9.59 Å². The highest BCUT2D eigenvalue weighted by Gasteiger charge is 2.16. The van der Waals surface area contributed by atoms with Crippen molar-refractivity contribution < 1.29 is 19.1 Å². The van der Waals surface area contributed by atoms with E-state index in [0.717, 1.165) is 0 Å². The van der Waals surface area contributed by atoms with Crippen LogP contribution in [0.3, 0.4) is 0 Å². The third-order valence-electron chi connectivity index (χ3n) is 2.29. The SMILES string of the molecule is CC(C)COC(=O)/C=C(/CC(C)C)C(=O)OCC(C)C. The predicted molar refractivity (Wildman–Crippen MR) is 79.1 cm³/mol. The molecule has 0 aromatic heterocycles. The molecular weight excluding hydrogens is 256 g/mol. The van der Waals surface area contributed by atoms with Gasteiger partial charge in [0.1, 0.15) is 0 Å². The summed E-state index contributed by atoms with van der Waals surface area (Å²) in [7, 11) is 0. The zero-order chi connectivity index (χ0) is 15.7. The fourth-order valence-corrected chi connectivity index (χ4v) is 1.41. The maximum atomic E-state index is 12.0. The average molecular weight is 284 g/mol. The van der Waals surface area contributed by atoms with Crippen molar-refractivity contribution in [2.24, 2.45) is 17.8 Å². The summed E-state index contributed by atoms with van der Waals surface area (Å²) < 4.78 is 10.2. The van der Waals surface area contributed by atoms with Gasteiger partial charge >= 0.3 is 11.9 Å². The quantitative estimate of drug-likeness (QED) is 0.506. The number of hydrogen-bond donors (Lipinski definition) is 0. The molecule has 0 aromatic carbocycles. The Balaban J connectivity index is 4.68. The average Bonchev–Trinajstić information content (AvgIpc) is 2.32. The normalized spacial score (nSPS) is 12.2. The minimum absolute atomic E-state index is 0.269. The Morgan fingerprint density at radius 3 is 1.80 bits per heavy atom. The minimum atomic E-state index is -0.476. The summed E-state index contributed by atoms with van der Waals surface area (Å²) in [5.41, 5.74) is 0.384. The van der Waals surface area contributed by atoms with E-state index >= 15 is 0 Å². The summed E-state index contributed by atoms with van der Waals surface area (Å²) in [6.07, 6.45) is 1.78. The molecule has 4 heteroatoms. The third kappa shape index (κ3) is 9.59. The van der Waals surface area contributed by atoms with Gasteiger partial charge in [0.2, 0.25) is 0 Å². The molecule has 0 bridgehead atoms. The molecule has 0 rings (SSSR count). The van der Waals surface area contributed by atoms with Crippen molar-refractivity contribution in [2.45, 2.75) is 48.0 Å². The van der Waals surface area contributed by atoms with Crippen LogP contribution < -0.4 is 0 Å². The molecule has 0 aliphatic rings. The fourth-order valence-electron chi connectivity index (χ4n) is 1.41. The van der Waals surface area contributed by atoms with Gasteiger partial charge in [-0.3, -0.25) is 0 Å². The molecular formula is C16H28O4. The smallest absolute Gasteiger partial charge is 0.334 e. The summed E-state index contributed by atoms with van der Waals surface area (Å²) >= 11 is 0. The summed E-state index contributed by atoms with van der Waals surface area (Å²) in [6.45, 7) is 12.5. The second-order valence-electron chi connectivity index (χ2n) is 6.28. The summed E-state index contributed by atoms with van der Waals surface area (Å²) in [6, 6.07) is 0. The first kappa shape index (κ1) is 18.7. The van der Waals surface area contributed by atoms with Crippen LogP contribution in [0.15, 0.2) is 11.6 Å². The van der Waals surface area contributed by atoms with Crippen molar-refractivity contribution in [1.29, 1.82) is 0 Å². The van der Waals surface area contributed by atoms with Crippen LogP contribution in [0.25, 0.3) is 0 Å². The molecule has 0 spiro atoms. The van der Waals surface area contributed by atoms with Crippen LogP contribution >= 0.6 is 0 Å². The van der Waals surface area contributed by atoms with Crippen molar-refractivity contribution in [3.63, 3.8) is 0 Å². The Kier molecular flexibility index (Phi) is 8.93. The first-order valence-electron chi connectivity index (χ1n) is 7.26. The first-order valence-corrected chi connectivity index (χ1v) is 7.26. The number of esters is 2. The van der Waals surface area contributed by atoms with Gasteiger partial charge in [0.15, 0.2) is 0 Å². The van der Waals surface area contributed by atoms with E-state index in [4.69, 9.17) is 9.47 Å². The Hall–Kier alpha value is -1.32. The van der Waals surface area contributed by atoms with Gasteiger partial charge in [0, 0.05) is 11.6 Å². The number of rotatable bonds is 8. The van der Waals surface area contributed by atoms with Gasteiger partial charge in [-0.25, -0.2) is 9.59 Å². The molecule has 0 fully saturated rings. The fraction of sp³-hybridized carbons (Fsp3) is 0.750. The van der Waals surface area contributed by atoms with Crippen molar-refractivity contribution in [2.75, 3.05) is 13.2 Å². The van der Waals surface area contributed by atoms with E-state index in [2.05, 4.69) is 0 Å². The van der Waals surface area contributed by atoms with Crippen molar-refractivity contribution in [3.05, 3.63) is 11.6 Å². The molecule has 0 atom stereocenters. The van der Waals surface area contributed by atoms with Gasteiger partial charge in [-0.15, -0.1) is 0 Å². The molecule has 0 amide bonds. The number of ether oxygens (including phenoxy) is 2. The largest absolute Gasteiger partial charge is 0.462 e. The van der Waals surface area contributed by atoms with Crippen LogP contribution in [-0.2, 0) is 19.1 Å². The summed E-state index contributed by atoms with van der Waals surface area (Å²) in [5, 5.41) is 0. The highest BCUT2D eigenvalue weighted by Crippen LogP contribution is 2.13. The van der Waals surface area contributed by atoms with E-state index in [1.807, 2.05) is 41.5 Å². The molecule has 0 unspecified atom stereocenters. The van der Waals surface area contributed by atoms with Crippen LogP contribution in [0.5, 0.6) is 0 Å². The van der Waals surface area contributed by atoms with Gasteiger partial charge in [-0.1, -0.05) is 41.5 Å². The van der Waals surface area contributed by atoms with Crippen LogP contribution in [0, 0.1) is 17.8 Å². The van der Waals surface area contributed by atoms with E-state index in [-0.39, 0.29) is 17.8 Å². The number of hydrogen-bond acceptors (Lipinski definition) is 4. The monoisotopic (exact) mass is 284 g/mol. The lowest BCUT2D eigenvalue weighted by molar-refractivity contribution is -0.142. The molecule has 0 N–H and O–H groups in total. The van der Waals surface area contributed by atoms with Crippen LogP contribution in [0.2, 0.25) is 0 Å². The minimum Gasteiger partial charge on any atom is -0.462 e. The van der Waals surface area contributed by atoms with Crippen LogP contribution in [-0.4, -0.2) is 25.2 Å².